The van der Waals surface area contributed by atoms with Crippen LogP contribution in [-0.2, 0) is 11.2 Å². The summed E-state index contributed by atoms with van der Waals surface area (Å²) in [6.07, 6.45) is -0.265. The summed E-state index contributed by atoms with van der Waals surface area (Å²) in [5, 5.41) is 9.87. The van der Waals surface area contributed by atoms with E-state index in [2.05, 4.69) is 15.9 Å². The lowest BCUT2D eigenvalue weighted by Gasteiger charge is -2.08. The predicted octanol–water partition coefficient (Wildman–Crippen LogP) is 2.99. The van der Waals surface area contributed by atoms with E-state index in [-0.39, 0.29) is 12.2 Å². The second-order valence-corrected chi connectivity index (χ2v) is 4.63. The molecule has 0 amide bonds. The molecule has 4 heteroatoms. The first kappa shape index (κ1) is 12.7. The van der Waals surface area contributed by atoms with Gasteiger partial charge in [0.15, 0.2) is 5.78 Å². The summed E-state index contributed by atoms with van der Waals surface area (Å²) in [4.78, 5) is 11.5. The van der Waals surface area contributed by atoms with Gasteiger partial charge in [0.25, 0.3) is 0 Å². The number of Topliss-reactive ketones (excluding diaryl/α,β-unsaturated/α-hetero) is 1. The Balaban J connectivity index is 2.77. The Morgan fingerprint density at radius 3 is 2.80 bits per heavy atom. The van der Waals surface area contributed by atoms with Gasteiger partial charge in [0, 0.05) is 15.9 Å². The van der Waals surface area contributed by atoms with Crippen molar-refractivity contribution >= 4 is 33.3 Å². The Kier molecular flexibility index (Phi) is 4.77. The SMILES string of the molecule is CCC(O)C(=O)Cc1ccc(Br)cc1Cl. The van der Waals surface area contributed by atoms with E-state index in [4.69, 9.17) is 11.6 Å². The monoisotopic (exact) mass is 290 g/mol. The van der Waals surface area contributed by atoms with E-state index in [0.717, 1.165) is 10.0 Å². The minimum atomic E-state index is -0.885. The minimum absolute atomic E-state index is 0.182. The second-order valence-electron chi connectivity index (χ2n) is 3.30. The molecule has 0 spiro atoms. The quantitative estimate of drug-likeness (QED) is 0.926. The molecular formula is C11H12BrClO2. The van der Waals surface area contributed by atoms with Gasteiger partial charge in [-0.05, 0) is 24.1 Å². The molecule has 0 heterocycles. The first-order valence-corrected chi connectivity index (χ1v) is 5.86. The van der Waals surface area contributed by atoms with Crippen LogP contribution in [0.3, 0.4) is 0 Å². The van der Waals surface area contributed by atoms with Crippen molar-refractivity contribution < 1.29 is 9.90 Å². The zero-order chi connectivity index (χ0) is 11.4. The van der Waals surface area contributed by atoms with E-state index < -0.39 is 6.10 Å². The molecule has 0 bridgehead atoms. The standard InChI is InChI=1S/C11H12BrClO2/c1-2-10(14)11(15)5-7-3-4-8(12)6-9(7)13/h3-4,6,10,14H,2,5H2,1H3. The van der Waals surface area contributed by atoms with Gasteiger partial charge >= 0.3 is 0 Å². The van der Waals surface area contributed by atoms with Gasteiger partial charge in [-0.15, -0.1) is 0 Å². The molecule has 1 aromatic rings. The van der Waals surface area contributed by atoms with Crippen LogP contribution in [0.1, 0.15) is 18.9 Å². The Bertz CT molecular complexity index is 366. The van der Waals surface area contributed by atoms with E-state index in [1.807, 2.05) is 6.07 Å². The topological polar surface area (TPSA) is 37.3 Å². The summed E-state index contributed by atoms with van der Waals surface area (Å²) in [5.41, 5.74) is 0.748. The highest BCUT2D eigenvalue weighted by Gasteiger charge is 2.14. The first-order valence-electron chi connectivity index (χ1n) is 4.69. The van der Waals surface area contributed by atoms with Crippen molar-refractivity contribution in [3.63, 3.8) is 0 Å². The van der Waals surface area contributed by atoms with Crippen LogP contribution in [0.15, 0.2) is 22.7 Å². The number of benzene rings is 1. The van der Waals surface area contributed by atoms with E-state index in [1.165, 1.54) is 0 Å². The van der Waals surface area contributed by atoms with Gasteiger partial charge < -0.3 is 5.11 Å². The summed E-state index contributed by atoms with van der Waals surface area (Å²) in [5.74, 6) is -0.193. The first-order chi connectivity index (χ1) is 7.04. The third-order valence-corrected chi connectivity index (χ3v) is 2.98. The number of aliphatic hydroxyl groups excluding tert-OH is 1. The zero-order valence-corrected chi connectivity index (χ0v) is 10.7. The number of aliphatic hydroxyl groups is 1. The second kappa shape index (κ2) is 5.64. The van der Waals surface area contributed by atoms with Gasteiger partial charge in [-0.3, -0.25) is 4.79 Å². The van der Waals surface area contributed by atoms with Crippen LogP contribution in [-0.4, -0.2) is 17.0 Å². The van der Waals surface area contributed by atoms with Crippen LogP contribution in [0.2, 0.25) is 5.02 Å². The summed E-state index contributed by atoms with van der Waals surface area (Å²) in [6.45, 7) is 1.77. The highest BCUT2D eigenvalue weighted by molar-refractivity contribution is 9.10. The zero-order valence-electron chi connectivity index (χ0n) is 8.34. The maximum Gasteiger partial charge on any atom is 0.165 e. The number of halogens is 2. The van der Waals surface area contributed by atoms with Crippen molar-refractivity contribution in [3.05, 3.63) is 33.3 Å². The molecule has 82 valence electrons. The maximum atomic E-state index is 11.5. The van der Waals surface area contributed by atoms with Crippen molar-refractivity contribution in [2.24, 2.45) is 0 Å². The van der Waals surface area contributed by atoms with Crippen molar-refractivity contribution in [1.82, 2.24) is 0 Å². The number of hydrogen-bond acceptors (Lipinski definition) is 2. The van der Waals surface area contributed by atoms with E-state index >= 15 is 0 Å². The molecule has 1 atom stereocenters. The Hall–Kier alpha value is -0.380. The molecule has 0 aliphatic rings. The molecular weight excluding hydrogens is 279 g/mol. The lowest BCUT2D eigenvalue weighted by atomic mass is 10.0. The summed E-state index contributed by atoms with van der Waals surface area (Å²) in [7, 11) is 0. The molecule has 2 nitrogen and oxygen atoms in total. The van der Waals surface area contributed by atoms with Gasteiger partial charge in [0.1, 0.15) is 6.10 Å². The third kappa shape index (κ3) is 3.59. The highest BCUT2D eigenvalue weighted by Crippen LogP contribution is 2.22. The van der Waals surface area contributed by atoms with E-state index in [0.29, 0.717) is 11.4 Å². The molecule has 1 aromatic carbocycles. The molecule has 0 fully saturated rings. The molecule has 0 saturated heterocycles. The summed E-state index contributed by atoms with van der Waals surface area (Å²) < 4.78 is 0.875. The lowest BCUT2D eigenvalue weighted by Crippen LogP contribution is -2.21. The van der Waals surface area contributed by atoms with Crippen LogP contribution < -0.4 is 0 Å². The van der Waals surface area contributed by atoms with Gasteiger partial charge in [0.05, 0.1) is 0 Å². The number of ketones is 1. The minimum Gasteiger partial charge on any atom is -0.385 e. The number of hydrogen-bond donors (Lipinski definition) is 1. The van der Waals surface area contributed by atoms with E-state index in [9.17, 15) is 9.90 Å². The number of carbonyl (C=O) groups is 1. The molecule has 0 aromatic heterocycles. The molecule has 0 radical (unpaired) electrons. The normalized spacial score (nSPS) is 12.5. The smallest absolute Gasteiger partial charge is 0.165 e. The maximum absolute atomic E-state index is 11.5. The highest BCUT2D eigenvalue weighted by atomic mass is 79.9. The molecule has 1 unspecified atom stereocenters. The molecule has 1 N–H and O–H groups in total. The van der Waals surface area contributed by atoms with Crippen LogP contribution in [0.5, 0.6) is 0 Å². The Morgan fingerprint density at radius 1 is 1.60 bits per heavy atom. The fraction of sp³-hybridized carbons (Fsp3) is 0.364. The average molecular weight is 292 g/mol. The van der Waals surface area contributed by atoms with Crippen molar-refractivity contribution in [1.29, 1.82) is 0 Å². The lowest BCUT2D eigenvalue weighted by molar-refractivity contribution is -0.126. The van der Waals surface area contributed by atoms with Crippen molar-refractivity contribution in [2.45, 2.75) is 25.9 Å². The fourth-order valence-corrected chi connectivity index (χ4v) is 1.94. The number of rotatable bonds is 4. The van der Waals surface area contributed by atoms with Gasteiger partial charge in [-0.2, -0.15) is 0 Å². The van der Waals surface area contributed by atoms with Crippen LogP contribution in [0.25, 0.3) is 0 Å². The summed E-state index contributed by atoms with van der Waals surface area (Å²) >= 11 is 9.24. The third-order valence-electron chi connectivity index (χ3n) is 2.14. The van der Waals surface area contributed by atoms with Crippen molar-refractivity contribution in [3.8, 4) is 0 Å². The summed E-state index contributed by atoms with van der Waals surface area (Å²) in [6, 6.07) is 5.35. The average Bonchev–Trinajstić information content (AvgIpc) is 2.20. The van der Waals surface area contributed by atoms with Gasteiger partial charge in [-0.25, -0.2) is 0 Å². The van der Waals surface area contributed by atoms with Gasteiger partial charge in [0.2, 0.25) is 0 Å². The van der Waals surface area contributed by atoms with E-state index in [1.54, 1.807) is 19.1 Å². The van der Waals surface area contributed by atoms with Crippen LogP contribution in [0.4, 0.5) is 0 Å². The molecule has 0 aliphatic carbocycles. The molecule has 0 saturated carbocycles. The molecule has 15 heavy (non-hydrogen) atoms. The Morgan fingerprint density at radius 2 is 2.27 bits per heavy atom. The van der Waals surface area contributed by atoms with Crippen LogP contribution >= 0.6 is 27.5 Å². The number of carbonyl (C=O) groups excluding carboxylic acids is 1. The van der Waals surface area contributed by atoms with Crippen LogP contribution in [0, 0.1) is 0 Å². The largest absolute Gasteiger partial charge is 0.385 e. The molecule has 0 aliphatic heterocycles. The fourth-order valence-electron chi connectivity index (χ4n) is 1.20. The van der Waals surface area contributed by atoms with Gasteiger partial charge in [-0.1, -0.05) is 40.5 Å². The predicted molar refractivity (Wildman–Crippen MR) is 64.2 cm³/mol. The molecule has 1 rings (SSSR count). The van der Waals surface area contributed by atoms with Crippen molar-refractivity contribution in [2.75, 3.05) is 0 Å². The Labute approximate surface area is 102 Å².